The molecule has 0 saturated carbocycles. The Balaban J connectivity index is 1.16. The Labute approximate surface area is 333 Å². The van der Waals surface area contributed by atoms with E-state index in [0.717, 1.165) is 77.2 Å². The van der Waals surface area contributed by atoms with Crippen molar-refractivity contribution in [1.29, 1.82) is 21.0 Å². The molecule has 0 aliphatic rings. The van der Waals surface area contributed by atoms with E-state index in [9.17, 15) is 21.0 Å². The monoisotopic (exact) mass is 736 g/mol. The zero-order valence-electron chi connectivity index (χ0n) is 30.8. The molecule has 10 aromatic rings. The summed E-state index contributed by atoms with van der Waals surface area (Å²) in [7, 11) is 0. The highest BCUT2D eigenvalue weighted by atomic mass is 15.0. The molecule has 0 atom stereocenters. The number of hydrogen-bond acceptors (Lipinski definition) is 4. The van der Waals surface area contributed by atoms with Gasteiger partial charge < -0.3 is 9.13 Å². The predicted octanol–water partition coefficient (Wildman–Crippen LogP) is 12.4. The van der Waals surface area contributed by atoms with Gasteiger partial charge in [0.15, 0.2) is 0 Å². The maximum atomic E-state index is 10.5. The summed E-state index contributed by atoms with van der Waals surface area (Å²) in [6, 6.07) is 65.3. The maximum Gasteiger partial charge on any atom is 0.0998 e. The van der Waals surface area contributed by atoms with Gasteiger partial charge in [0, 0.05) is 44.0 Å². The van der Waals surface area contributed by atoms with Crippen molar-refractivity contribution in [3.8, 4) is 69.0 Å². The average molecular weight is 737 g/mol. The van der Waals surface area contributed by atoms with Crippen LogP contribution in [0.15, 0.2) is 170 Å². The first-order valence-electron chi connectivity index (χ1n) is 18.7. The minimum absolute atomic E-state index is 0.455. The third-order valence-electron chi connectivity index (χ3n) is 11.1. The molecular weight excluding hydrogens is 709 g/mol. The fourth-order valence-corrected chi connectivity index (χ4v) is 8.49. The molecule has 10 rings (SSSR count). The fourth-order valence-electron chi connectivity index (χ4n) is 8.49. The number of fused-ring (bicyclic) bond motifs is 6. The van der Waals surface area contributed by atoms with E-state index in [0.29, 0.717) is 33.4 Å². The zero-order valence-corrected chi connectivity index (χ0v) is 30.8. The summed E-state index contributed by atoms with van der Waals surface area (Å²) >= 11 is 0. The lowest BCUT2D eigenvalue weighted by Crippen LogP contribution is -1.99. The smallest absolute Gasteiger partial charge is 0.0998 e. The van der Waals surface area contributed by atoms with Gasteiger partial charge in [0.2, 0.25) is 0 Å². The van der Waals surface area contributed by atoms with E-state index in [1.807, 2.05) is 121 Å². The van der Waals surface area contributed by atoms with E-state index >= 15 is 0 Å². The second kappa shape index (κ2) is 13.6. The van der Waals surface area contributed by atoms with E-state index in [1.54, 1.807) is 0 Å². The molecule has 8 aromatic carbocycles. The summed E-state index contributed by atoms with van der Waals surface area (Å²) in [4.78, 5) is 0. The summed E-state index contributed by atoms with van der Waals surface area (Å²) in [5.74, 6) is 0. The van der Waals surface area contributed by atoms with Crippen molar-refractivity contribution in [2.24, 2.45) is 0 Å². The Kier molecular flexibility index (Phi) is 7.92. The van der Waals surface area contributed by atoms with Crippen LogP contribution in [-0.4, -0.2) is 9.13 Å². The lowest BCUT2D eigenvalue weighted by atomic mass is 9.95. The number of hydrogen-bond donors (Lipinski definition) is 0. The van der Waals surface area contributed by atoms with Gasteiger partial charge in [-0.15, -0.1) is 0 Å². The molecule has 58 heavy (non-hydrogen) atoms. The van der Waals surface area contributed by atoms with Crippen LogP contribution in [0.4, 0.5) is 0 Å². The minimum Gasteiger partial charge on any atom is -0.309 e. The molecule has 0 fully saturated rings. The largest absolute Gasteiger partial charge is 0.309 e. The third kappa shape index (κ3) is 5.23. The number of para-hydroxylation sites is 2. The molecule has 0 aliphatic heterocycles. The number of nitriles is 4. The van der Waals surface area contributed by atoms with E-state index in [1.165, 1.54) is 0 Å². The first kappa shape index (κ1) is 33.9. The second-order valence-electron chi connectivity index (χ2n) is 14.2. The van der Waals surface area contributed by atoms with Crippen molar-refractivity contribution in [1.82, 2.24) is 9.13 Å². The predicted molar refractivity (Wildman–Crippen MR) is 230 cm³/mol. The number of rotatable bonds is 5. The Morgan fingerprint density at radius 1 is 0.293 bits per heavy atom. The van der Waals surface area contributed by atoms with Crippen molar-refractivity contribution in [3.05, 3.63) is 192 Å². The van der Waals surface area contributed by atoms with Gasteiger partial charge >= 0.3 is 0 Å². The number of nitrogens with zero attached hydrogens (tertiary/aromatic N) is 6. The maximum absolute atomic E-state index is 10.5. The van der Waals surface area contributed by atoms with Crippen molar-refractivity contribution in [2.45, 2.75) is 0 Å². The molecule has 0 bridgehead atoms. The van der Waals surface area contributed by atoms with Crippen molar-refractivity contribution < 1.29 is 0 Å². The zero-order chi connectivity index (χ0) is 39.3. The molecule has 6 nitrogen and oxygen atoms in total. The SMILES string of the molecule is N#Cc1ccccc1-c1ccc2c(c1)c1ccccc1n2-c1ccc(C#N)c(-c2cc(-n3c4ccccc4c4cc(-c5ccccc5C#N)ccc43)ccc2C#N)c1. The van der Waals surface area contributed by atoms with Crippen molar-refractivity contribution in [3.63, 3.8) is 0 Å². The van der Waals surface area contributed by atoms with Gasteiger partial charge in [0.25, 0.3) is 0 Å². The van der Waals surface area contributed by atoms with E-state index in [2.05, 4.69) is 81.9 Å². The molecule has 2 aromatic heterocycles. The van der Waals surface area contributed by atoms with Crippen molar-refractivity contribution in [2.75, 3.05) is 0 Å². The highest BCUT2D eigenvalue weighted by Gasteiger charge is 2.20. The van der Waals surface area contributed by atoms with Gasteiger partial charge in [-0.25, -0.2) is 0 Å². The van der Waals surface area contributed by atoms with Gasteiger partial charge in [-0.05, 0) is 107 Å². The van der Waals surface area contributed by atoms with E-state index < -0.39 is 0 Å². The Morgan fingerprint density at radius 2 is 0.655 bits per heavy atom. The summed E-state index contributed by atoms with van der Waals surface area (Å²) in [5, 5.41) is 44.9. The molecule has 266 valence electrons. The standard InChI is InChI=1S/C52H28N6/c53-29-35-9-1-3-11-41(35)33-19-23-51-47(25-33)43-13-5-7-15-49(43)57(51)39-21-17-37(31-55)45(27-39)46-28-40(22-18-38(46)32-56)58-50-16-8-6-14-44(50)48-26-34(20-24-52(48)58)42-12-4-2-10-36(42)30-54/h1-28H. The minimum atomic E-state index is 0.455. The molecule has 2 heterocycles. The van der Waals surface area contributed by atoms with Gasteiger partial charge in [-0.3, -0.25) is 0 Å². The topological polar surface area (TPSA) is 105 Å². The first-order valence-corrected chi connectivity index (χ1v) is 18.7. The number of aromatic nitrogens is 2. The highest BCUT2D eigenvalue weighted by Crippen LogP contribution is 2.40. The molecule has 0 unspecified atom stereocenters. The third-order valence-corrected chi connectivity index (χ3v) is 11.1. The van der Waals surface area contributed by atoms with Crippen LogP contribution in [0.3, 0.4) is 0 Å². The second-order valence-corrected chi connectivity index (χ2v) is 14.2. The molecule has 0 radical (unpaired) electrons. The van der Waals surface area contributed by atoms with E-state index in [4.69, 9.17) is 0 Å². The summed E-state index contributed by atoms with van der Waals surface area (Å²) in [5.41, 5.74) is 12.8. The lowest BCUT2D eigenvalue weighted by Gasteiger charge is -2.15. The summed E-state index contributed by atoms with van der Waals surface area (Å²) < 4.78 is 4.39. The quantitative estimate of drug-likeness (QED) is 0.175. The van der Waals surface area contributed by atoms with E-state index in [-0.39, 0.29) is 0 Å². The molecule has 0 N–H and O–H groups in total. The first-order chi connectivity index (χ1) is 28.6. The van der Waals surface area contributed by atoms with Crippen LogP contribution in [0.2, 0.25) is 0 Å². The highest BCUT2D eigenvalue weighted by molar-refractivity contribution is 6.12. The van der Waals surface area contributed by atoms with Crippen LogP contribution < -0.4 is 0 Å². The number of benzene rings is 8. The molecule has 0 saturated heterocycles. The molecule has 6 heteroatoms. The normalized spacial score (nSPS) is 11.0. The Hall–Kier alpha value is -8.68. The Morgan fingerprint density at radius 3 is 1.09 bits per heavy atom. The molecule has 0 spiro atoms. The van der Waals surface area contributed by atoms with Gasteiger partial charge in [0.1, 0.15) is 0 Å². The van der Waals surface area contributed by atoms with Crippen molar-refractivity contribution >= 4 is 43.6 Å². The van der Waals surface area contributed by atoms with Gasteiger partial charge in [0.05, 0.1) is 68.6 Å². The Bertz CT molecular complexity index is 3280. The summed E-state index contributed by atoms with van der Waals surface area (Å²) in [6.45, 7) is 0. The lowest BCUT2D eigenvalue weighted by molar-refractivity contribution is 1.17. The van der Waals surface area contributed by atoms with Crippen LogP contribution in [0.5, 0.6) is 0 Å². The van der Waals surface area contributed by atoms with Gasteiger partial charge in [-0.2, -0.15) is 21.0 Å². The molecular formula is C52H28N6. The fraction of sp³-hybridized carbons (Fsp3) is 0. The molecule has 0 amide bonds. The van der Waals surface area contributed by atoms with Crippen LogP contribution >= 0.6 is 0 Å². The van der Waals surface area contributed by atoms with Gasteiger partial charge in [-0.1, -0.05) is 84.9 Å². The summed E-state index contributed by atoms with van der Waals surface area (Å²) in [6.07, 6.45) is 0. The van der Waals surface area contributed by atoms with Crippen LogP contribution in [0.25, 0.3) is 88.4 Å². The van der Waals surface area contributed by atoms with Crippen LogP contribution in [-0.2, 0) is 0 Å². The molecule has 0 aliphatic carbocycles. The van der Waals surface area contributed by atoms with Crippen LogP contribution in [0.1, 0.15) is 22.3 Å². The van der Waals surface area contributed by atoms with Crippen LogP contribution in [0, 0.1) is 45.3 Å². The average Bonchev–Trinajstić information content (AvgIpc) is 3.80.